The van der Waals surface area contributed by atoms with Crippen molar-refractivity contribution < 1.29 is 0 Å². The number of fused-ring (bicyclic) bond motifs is 1. The molecule has 1 heterocycles. The van der Waals surface area contributed by atoms with E-state index in [4.69, 9.17) is 0 Å². The molecule has 0 radical (unpaired) electrons. The van der Waals surface area contributed by atoms with E-state index in [1.807, 2.05) is 29.0 Å². The van der Waals surface area contributed by atoms with Gasteiger partial charge in [0.2, 0.25) is 0 Å². The highest BCUT2D eigenvalue weighted by atomic mass is 127. The first kappa shape index (κ1) is 11.5. The molecular formula is C12H11IN2OS. The van der Waals surface area contributed by atoms with Crippen LogP contribution >= 0.6 is 34.4 Å². The molecule has 5 heteroatoms. The Morgan fingerprint density at radius 2 is 2.24 bits per heavy atom. The van der Waals surface area contributed by atoms with E-state index in [1.165, 1.54) is 0 Å². The molecule has 0 aliphatic heterocycles. The highest BCUT2D eigenvalue weighted by Crippen LogP contribution is 2.36. The van der Waals surface area contributed by atoms with E-state index in [-0.39, 0.29) is 5.56 Å². The molecular weight excluding hydrogens is 347 g/mol. The van der Waals surface area contributed by atoms with Gasteiger partial charge >= 0.3 is 0 Å². The van der Waals surface area contributed by atoms with Gasteiger partial charge in [-0.05, 0) is 53.8 Å². The van der Waals surface area contributed by atoms with Crippen LogP contribution in [0.3, 0.4) is 0 Å². The summed E-state index contributed by atoms with van der Waals surface area (Å²) in [6.45, 7) is 0. The molecule has 2 aromatic rings. The summed E-state index contributed by atoms with van der Waals surface area (Å²) in [6.07, 6.45) is 4.18. The van der Waals surface area contributed by atoms with Crippen LogP contribution in [0.4, 0.5) is 0 Å². The lowest BCUT2D eigenvalue weighted by molar-refractivity contribution is 0.618. The zero-order chi connectivity index (χ0) is 12.0. The maximum Gasteiger partial charge on any atom is 0.262 e. The first-order chi connectivity index (χ1) is 8.22. The number of aromatic nitrogens is 2. The molecule has 88 valence electrons. The van der Waals surface area contributed by atoms with Crippen molar-refractivity contribution in [2.45, 2.75) is 24.0 Å². The van der Waals surface area contributed by atoms with Crippen molar-refractivity contribution in [3.63, 3.8) is 0 Å². The largest absolute Gasteiger partial charge is 0.284 e. The molecule has 3 rings (SSSR count). The van der Waals surface area contributed by atoms with Crippen LogP contribution in [0.2, 0.25) is 0 Å². The van der Waals surface area contributed by atoms with Crippen LogP contribution in [0, 0.1) is 3.57 Å². The summed E-state index contributed by atoms with van der Waals surface area (Å²) in [4.78, 5) is 17.1. The van der Waals surface area contributed by atoms with Crippen molar-refractivity contribution >= 4 is 45.3 Å². The molecule has 0 saturated heterocycles. The van der Waals surface area contributed by atoms with Gasteiger partial charge in [0.15, 0.2) is 5.16 Å². The van der Waals surface area contributed by atoms with E-state index in [0.717, 1.165) is 32.5 Å². The first-order valence-corrected chi connectivity index (χ1v) is 7.77. The van der Waals surface area contributed by atoms with Gasteiger partial charge in [0.25, 0.3) is 5.56 Å². The van der Waals surface area contributed by atoms with Crippen molar-refractivity contribution in [1.82, 2.24) is 9.55 Å². The zero-order valence-electron chi connectivity index (χ0n) is 9.31. The summed E-state index contributed by atoms with van der Waals surface area (Å²) in [5, 5.41) is 1.58. The fraction of sp³-hybridized carbons (Fsp3) is 0.333. The van der Waals surface area contributed by atoms with E-state index in [0.29, 0.717) is 6.04 Å². The number of nitrogens with zero attached hydrogens (tertiary/aromatic N) is 2. The number of halogens is 1. The summed E-state index contributed by atoms with van der Waals surface area (Å²) >= 11 is 3.78. The lowest BCUT2D eigenvalue weighted by atomic mass is 10.2. The van der Waals surface area contributed by atoms with Gasteiger partial charge in [-0.1, -0.05) is 17.8 Å². The Bertz CT molecular complexity index is 649. The first-order valence-electron chi connectivity index (χ1n) is 5.47. The van der Waals surface area contributed by atoms with Crippen molar-refractivity contribution in [3.8, 4) is 0 Å². The molecule has 0 amide bonds. The molecule has 0 bridgehead atoms. The molecule has 1 fully saturated rings. The minimum atomic E-state index is 0.111. The standard InChI is InChI=1S/C12H11IN2OS/c1-17-12-14-10-8(3-2-4-9(10)13)11(16)15(12)7-5-6-7/h2-4,7H,5-6H2,1H3. The number of hydrogen-bond acceptors (Lipinski definition) is 3. The lowest BCUT2D eigenvalue weighted by Gasteiger charge is -2.11. The van der Waals surface area contributed by atoms with E-state index < -0.39 is 0 Å². The molecule has 1 aromatic carbocycles. The van der Waals surface area contributed by atoms with Gasteiger partial charge in [0.05, 0.1) is 10.9 Å². The minimum absolute atomic E-state index is 0.111. The number of hydrogen-bond donors (Lipinski definition) is 0. The van der Waals surface area contributed by atoms with Gasteiger partial charge in [0, 0.05) is 9.61 Å². The second-order valence-electron chi connectivity index (χ2n) is 4.14. The Balaban J connectivity index is 2.41. The average Bonchev–Trinajstić information content (AvgIpc) is 3.14. The van der Waals surface area contributed by atoms with Gasteiger partial charge in [0.1, 0.15) is 0 Å². The van der Waals surface area contributed by atoms with Crippen LogP contribution in [0.15, 0.2) is 28.2 Å². The van der Waals surface area contributed by atoms with Gasteiger partial charge in [-0.2, -0.15) is 0 Å². The quantitative estimate of drug-likeness (QED) is 0.470. The van der Waals surface area contributed by atoms with Crippen LogP contribution in [-0.2, 0) is 0 Å². The maximum absolute atomic E-state index is 12.4. The van der Waals surface area contributed by atoms with Crippen LogP contribution in [0.25, 0.3) is 10.9 Å². The second-order valence-corrected chi connectivity index (χ2v) is 6.08. The molecule has 0 N–H and O–H groups in total. The van der Waals surface area contributed by atoms with Crippen LogP contribution in [-0.4, -0.2) is 15.8 Å². The molecule has 0 unspecified atom stereocenters. The highest BCUT2D eigenvalue weighted by Gasteiger charge is 2.28. The van der Waals surface area contributed by atoms with Crippen molar-refractivity contribution in [2.24, 2.45) is 0 Å². The van der Waals surface area contributed by atoms with E-state index in [2.05, 4.69) is 27.6 Å². The minimum Gasteiger partial charge on any atom is -0.284 e. The molecule has 1 aliphatic rings. The third-order valence-corrected chi connectivity index (χ3v) is 4.47. The Labute approximate surface area is 117 Å². The van der Waals surface area contributed by atoms with E-state index >= 15 is 0 Å². The predicted octanol–water partition coefficient (Wildman–Crippen LogP) is 3.06. The summed E-state index contributed by atoms with van der Waals surface area (Å²) in [5.41, 5.74) is 0.944. The zero-order valence-corrected chi connectivity index (χ0v) is 12.3. The van der Waals surface area contributed by atoms with Gasteiger partial charge < -0.3 is 0 Å². The predicted molar refractivity (Wildman–Crippen MR) is 78.8 cm³/mol. The topological polar surface area (TPSA) is 34.9 Å². The number of para-hydroxylation sites is 1. The lowest BCUT2D eigenvalue weighted by Crippen LogP contribution is -2.22. The van der Waals surface area contributed by atoms with E-state index in [9.17, 15) is 4.79 Å². The van der Waals surface area contributed by atoms with Gasteiger partial charge in [-0.3, -0.25) is 9.36 Å². The summed E-state index contributed by atoms with van der Waals surface area (Å²) in [7, 11) is 0. The molecule has 0 spiro atoms. The monoisotopic (exact) mass is 358 g/mol. The summed E-state index contributed by atoms with van der Waals surface area (Å²) in [5.74, 6) is 0. The Morgan fingerprint density at radius 3 is 2.88 bits per heavy atom. The molecule has 3 nitrogen and oxygen atoms in total. The molecule has 1 aliphatic carbocycles. The average molecular weight is 358 g/mol. The van der Waals surface area contributed by atoms with Crippen LogP contribution < -0.4 is 5.56 Å². The molecule has 1 aromatic heterocycles. The Hall–Kier alpha value is -0.560. The summed E-state index contributed by atoms with van der Waals surface area (Å²) in [6, 6.07) is 6.15. The fourth-order valence-corrected chi connectivity index (χ4v) is 3.20. The van der Waals surface area contributed by atoms with Crippen LogP contribution in [0.5, 0.6) is 0 Å². The Kier molecular flexibility index (Phi) is 2.90. The highest BCUT2D eigenvalue weighted by molar-refractivity contribution is 14.1. The SMILES string of the molecule is CSc1nc2c(I)cccc2c(=O)n1C1CC1. The summed E-state index contributed by atoms with van der Waals surface area (Å²) < 4.78 is 2.90. The second kappa shape index (κ2) is 4.28. The number of rotatable bonds is 2. The van der Waals surface area contributed by atoms with Crippen LogP contribution in [0.1, 0.15) is 18.9 Å². The number of thioether (sulfide) groups is 1. The Morgan fingerprint density at radius 1 is 1.47 bits per heavy atom. The third kappa shape index (κ3) is 1.89. The molecule has 0 atom stereocenters. The third-order valence-electron chi connectivity index (χ3n) is 2.94. The molecule has 1 saturated carbocycles. The smallest absolute Gasteiger partial charge is 0.262 e. The van der Waals surface area contributed by atoms with Crippen molar-refractivity contribution in [1.29, 1.82) is 0 Å². The fourth-order valence-electron chi connectivity index (χ4n) is 1.97. The van der Waals surface area contributed by atoms with Gasteiger partial charge in [-0.25, -0.2) is 4.98 Å². The normalized spacial score (nSPS) is 15.4. The maximum atomic E-state index is 12.4. The van der Waals surface area contributed by atoms with Gasteiger partial charge in [-0.15, -0.1) is 0 Å². The van der Waals surface area contributed by atoms with Crippen molar-refractivity contribution in [2.75, 3.05) is 6.26 Å². The van der Waals surface area contributed by atoms with E-state index in [1.54, 1.807) is 11.8 Å². The number of benzene rings is 1. The molecule has 17 heavy (non-hydrogen) atoms. The van der Waals surface area contributed by atoms with Crippen molar-refractivity contribution in [3.05, 3.63) is 32.1 Å².